The fourth-order valence-electron chi connectivity index (χ4n) is 3.25. The Hall–Kier alpha value is -1.24. The molecule has 0 spiro atoms. The van der Waals surface area contributed by atoms with E-state index < -0.39 is 0 Å². The van der Waals surface area contributed by atoms with E-state index in [9.17, 15) is 0 Å². The second kappa shape index (κ2) is 4.21. The van der Waals surface area contributed by atoms with Crippen molar-refractivity contribution in [3.8, 4) is 0 Å². The molecule has 0 N–H and O–H groups in total. The van der Waals surface area contributed by atoms with Crippen LogP contribution in [0.1, 0.15) is 43.4 Å². The van der Waals surface area contributed by atoms with Gasteiger partial charge in [-0.3, -0.25) is 0 Å². The third-order valence-corrected chi connectivity index (χ3v) is 3.81. The van der Waals surface area contributed by atoms with Crippen LogP contribution >= 0.6 is 0 Å². The molecule has 0 atom stereocenters. The highest BCUT2D eigenvalue weighted by atomic mass is 15.1. The molecular weight excluding hydrogens is 206 g/mol. The Labute approximate surface area is 104 Å². The molecule has 0 aromatic heterocycles. The van der Waals surface area contributed by atoms with Gasteiger partial charge in [0, 0.05) is 18.8 Å². The standard InChI is InChI=1S/C16H21N/c1-12(2)9-13-10-14-5-3-7-17-8-4-6-15(11-13)16(14)17/h9-11H,3-8H2,1-2H3. The van der Waals surface area contributed by atoms with Crippen LogP contribution in [0.25, 0.3) is 6.08 Å². The van der Waals surface area contributed by atoms with Gasteiger partial charge in [-0.2, -0.15) is 0 Å². The first-order valence-corrected chi connectivity index (χ1v) is 6.80. The monoisotopic (exact) mass is 227 g/mol. The van der Waals surface area contributed by atoms with Gasteiger partial charge in [0.1, 0.15) is 0 Å². The van der Waals surface area contributed by atoms with Crippen LogP contribution in [0.5, 0.6) is 0 Å². The number of hydrogen-bond acceptors (Lipinski definition) is 1. The molecule has 90 valence electrons. The second-order valence-electron chi connectivity index (χ2n) is 5.60. The van der Waals surface area contributed by atoms with Crippen LogP contribution in [0.15, 0.2) is 17.7 Å². The first-order valence-electron chi connectivity index (χ1n) is 6.80. The maximum absolute atomic E-state index is 2.60. The Morgan fingerprint density at radius 2 is 1.65 bits per heavy atom. The molecule has 0 saturated heterocycles. The molecule has 2 aliphatic heterocycles. The summed E-state index contributed by atoms with van der Waals surface area (Å²) in [5, 5.41) is 0. The summed E-state index contributed by atoms with van der Waals surface area (Å²) in [6.45, 7) is 6.89. The second-order valence-corrected chi connectivity index (χ2v) is 5.60. The molecule has 0 unspecified atom stereocenters. The lowest BCUT2D eigenvalue weighted by atomic mass is 9.90. The highest BCUT2D eigenvalue weighted by Crippen LogP contribution is 2.36. The van der Waals surface area contributed by atoms with Crippen LogP contribution in [0.2, 0.25) is 0 Å². The van der Waals surface area contributed by atoms with Crippen LogP contribution in [0.3, 0.4) is 0 Å². The van der Waals surface area contributed by atoms with Gasteiger partial charge < -0.3 is 4.90 Å². The van der Waals surface area contributed by atoms with Gasteiger partial charge in [-0.25, -0.2) is 0 Å². The molecule has 0 amide bonds. The summed E-state index contributed by atoms with van der Waals surface area (Å²) in [4.78, 5) is 2.60. The number of hydrogen-bond donors (Lipinski definition) is 0. The van der Waals surface area contributed by atoms with Gasteiger partial charge in [0.15, 0.2) is 0 Å². The van der Waals surface area contributed by atoms with Crippen molar-refractivity contribution in [2.24, 2.45) is 0 Å². The fourth-order valence-corrected chi connectivity index (χ4v) is 3.25. The molecular formula is C16H21N. The fraction of sp³-hybridized carbons (Fsp3) is 0.500. The Morgan fingerprint density at radius 3 is 2.18 bits per heavy atom. The van der Waals surface area contributed by atoms with Gasteiger partial charge in [0.25, 0.3) is 0 Å². The summed E-state index contributed by atoms with van der Waals surface area (Å²) in [7, 11) is 0. The predicted molar refractivity (Wildman–Crippen MR) is 74.6 cm³/mol. The van der Waals surface area contributed by atoms with Crippen molar-refractivity contribution >= 4 is 11.8 Å². The molecule has 0 radical (unpaired) electrons. The lowest BCUT2D eigenvalue weighted by molar-refractivity contribution is 0.634. The lowest BCUT2D eigenvalue weighted by Gasteiger charge is -2.37. The van der Waals surface area contributed by atoms with Crippen LogP contribution in [-0.4, -0.2) is 13.1 Å². The largest absolute Gasteiger partial charge is 0.371 e. The van der Waals surface area contributed by atoms with Crippen molar-refractivity contribution in [2.75, 3.05) is 18.0 Å². The van der Waals surface area contributed by atoms with E-state index >= 15 is 0 Å². The van der Waals surface area contributed by atoms with Gasteiger partial charge in [-0.1, -0.05) is 11.6 Å². The van der Waals surface area contributed by atoms with E-state index in [1.807, 2.05) is 0 Å². The number of aryl methyl sites for hydroxylation is 2. The molecule has 0 fully saturated rings. The molecule has 2 aliphatic rings. The predicted octanol–water partition coefficient (Wildman–Crippen LogP) is 3.81. The van der Waals surface area contributed by atoms with Crippen molar-refractivity contribution < 1.29 is 0 Å². The number of anilines is 1. The van der Waals surface area contributed by atoms with Crippen molar-refractivity contribution in [2.45, 2.75) is 39.5 Å². The number of rotatable bonds is 1. The van der Waals surface area contributed by atoms with E-state index in [4.69, 9.17) is 0 Å². The van der Waals surface area contributed by atoms with Crippen molar-refractivity contribution in [1.82, 2.24) is 0 Å². The summed E-state index contributed by atoms with van der Waals surface area (Å²) < 4.78 is 0. The van der Waals surface area contributed by atoms with Gasteiger partial charge >= 0.3 is 0 Å². The van der Waals surface area contributed by atoms with Gasteiger partial charge in [0.2, 0.25) is 0 Å². The lowest BCUT2D eigenvalue weighted by Crippen LogP contribution is -2.34. The first-order chi connectivity index (χ1) is 8.24. The molecule has 1 aromatic rings. The van der Waals surface area contributed by atoms with Gasteiger partial charge in [0.05, 0.1) is 0 Å². The minimum Gasteiger partial charge on any atom is -0.371 e. The zero-order valence-electron chi connectivity index (χ0n) is 10.9. The summed E-state index contributed by atoms with van der Waals surface area (Å²) >= 11 is 0. The van der Waals surface area contributed by atoms with Gasteiger partial charge in [-0.15, -0.1) is 0 Å². The highest BCUT2D eigenvalue weighted by Gasteiger charge is 2.23. The van der Waals surface area contributed by atoms with Crippen molar-refractivity contribution in [3.63, 3.8) is 0 Å². The summed E-state index contributed by atoms with van der Waals surface area (Å²) in [6, 6.07) is 4.81. The van der Waals surface area contributed by atoms with Crippen LogP contribution < -0.4 is 4.90 Å². The summed E-state index contributed by atoms with van der Waals surface area (Å²) in [5.41, 5.74) is 7.54. The quantitative estimate of drug-likeness (QED) is 0.705. The van der Waals surface area contributed by atoms with Crippen LogP contribution in [-0.2, 0) is 12.8 Å². The molecule has 0 bridgehead atoms. The zero-order valence-corrected chi connectivity index (χ0v) is 10.9. The summed E-state index contributed by atoms with van der Waals surface area (Å²) in [6.07, 6.45) is 7.49. The van der Waals surface area contributed by atoms with E-state index in [0.29, 0.717) is 0 Å². The first kappa shape index (κ1) is 10.9. The molecule has 1 heteroatoms. The minimum atomic E-state index is 1.27. The molecule has 0 saturated carbocycles. The average molecular weight is 227 g/mol. The van der Waals surface area contributed by atoms with E-state index in [2.05, 4.69) is 37.0 Å². The van der Waals surface area contributed by atoms with Crippen LogP contribution in [0.4, 0.5) is 5.69 Å². The molecule has 2 heterocycles. The third-order valence-electron chi connectivity index (χ3n) is 3.81. The normalized spacial score (nSPS) is 17.6. The summed E-state index contributed by atoms with van der Waals surface area (Å²) in [5.74, 6) is 0. The Morgan fingerprint density at radius 1 is 1.06 bits per heavy atom. The third kappa shape index (κ3) is 1.99. The SMILES string of the molecule is CC(C)=Cc1cc2c3c(c1)CCCN3CCC2. The number of benzene rings is 1. The maximum Gasteiger partial charge on any atom is 0.0431 e. The Kier molecular flexibility index (Phi) is 2.70. The minimum absolute atomic E-state index is 1.27. The smallest absolute Gasteiger partial charge is 0.0431 e. The molecule has 1 aromatic carbocycles. The van der Waals surface area contributed by atoms with E-state index in [1.54, 1.807) is 16.8 Å². The number of allylic oxidation sites excluding steroid dienone is 1. The van der Waals surface area contributed by atoms with Crippen molar-refractivity contribution in [3.05, 3.63) is 34.4 Å². The van der Waals surface area contributed by atoms with E-state index in [-0.39, 0.29) is 0 Å². The highest BCUT2D eigenvalue weighted by molar-refractivity contribution is 5.68. The molecule has 3 rings (SSSR count). The number of nitrogens with zero attached hydrogens (tertiary/aromatic N) is 1. The average Bonchev–Trinajstić information content (AvgIpc) is 2.28. The van der Waals surface area contributed by atoms with E-state index in [1.165, 1.54) is 49.9 Å². The van der Waals surface area contributed by atoms with E-state index in [0.717, 1.165) is 0 Å². The maximum atomic E-state index is 2.60. The van der Waals surface area contributed by atoms with Crippen molar-refractivity contribution in [1.29, 1.82) is 0 Å². The zero-order chi connectivity index (χ0) is 11.8. The Balaban J connectivity index is 2.11. The Bertz CT molecular complexity index is 435. The topological polar surface area (TPSA) is 3.24 Å². The molecule has 1 nitrogen and oxygen atoms in total. The molecule has 17 heavy (non-hydrogen) atoms. The van der Waals surface area contributed by atoms with Gasteiger partial charge in [-0.05, 0) is 68.4 Å². The molecule has 0 aliphatic carbocycles. The van der Waals surface area contributed by atoms with Crippen LogP contribution in [0, 0.1) is 0 Å².